The van der Waals surface area contributed by atoms with E-state index in [1.165, 1.54) is 0 Å². The van der Waals surface area contributed by atoms with Crippen LogP contribution in [0.4, 0.5) is 11.4 Å². The van der Waals surface area contributed by atoms with Gasteiger partial charge in [-0.3, -0.25) is 16.2 Å². The molecule has 0 saturated carbocycles. The summed E-state index contributed by atoms with van der Waals surface area (Å²) in [5.74, 6) is 3.75. The van der Waals surface area contributed by atoms with Crippen LogP contribution in [0, 0.1) is 29.4 Å². The number of para-hydroxylation sites is 1. The quantitative estimate of drug-likeness (QED) is 0.0106. The number of hydrogen-bond acceptors (Lipinski definition) is 13. The zero-order valence-electron chi connectivity index (χ0n) is 49.7. The van der Waals surface area contributed by atoms with Crippen LogP contribution in [-0.2, 0) is 32.1 Å². The third kappa shape index (κ3) is 29.2. The standard InChI is InChI=1S/3C13H20N2O2.2C13H17NO2/c1-2-3-5-10-11(13(14)15)6-4-7-12(10)17-9-8-16;1-2-3-4-10-9-11(13(14)15)5-6-12(10)17-8-7-16;1-2-3-4-10-5-6-11(13(14)15)9-12(10)17-8-7-16;1-3-4-6-11-7-5-8-12(14-2)13(11)16-10-9-15;1-3-4-5-11-6-7-12(14-2)10-13(11)16-9-8-15/h4,6-7,16H,2-3,5,8-9H2,1H3,(H3,14,15);2*5-6,9,16H,2-4,7-8H2,1H3,(H3,14,15);5,7-8,15H,3-4,6,9-10H2,1H3;6-7,10,15H,3-5,8-9H2,1H3. The molecular formula is C65H94N8O10. The summed E-state index contributed by atoms with van der Waals surface area (Å²) in [6.45, 7) is 26.0. The van der Waals surface area contributed by atoms with Crippen molar-refractivity contribution < 1.29 is 49.2 Å². The van der Waals surface area contributed by atoms with Gasteiger partial charge in [0, 0.05) is 22.3 Å². The van der Waals surface area contributed by atoms with E-state index in [1.54, 1.807) is 24.3 Å². The third-order valence-electron chi connectivity index (χ3n) is 12.3. The number of unbranched alkanes of at least 4 members (excludes halogenated alkanes) is 5. The molecule has 18 heteroatoms. The minimum Gasteiger partial charge on any atom is -0.502 e. The summed E-state index contributed by atoms with van der Waals surface area (Å²) >= 11 is 0. The first-order chi connectivity index (χ1) is 40.2. The van der Waals surface area contributed by atoms with E-state index in [-0.39, 0.29) is 77.0 Å². The number of amidine groups is 3. The van der Waals surface area contributed by atoms with Crippen molar-refractivity contribution in [3.63, 3.8) is 0 Å². The van der Waals surface area contributed by atoms with Gasteiger partial charge in [0.05, 0.1) is 46.2 Å². The Kier molecular flexibility index (Phi) is 40.5. The van der Waals surface area contributed by atoms with E-state index in [2.05, 4.69) is 44.3 Å². The number of rotatable bonds is 33. The average molecular weight is 1150 g/mol. The number of nitrogen functional groups attached to an aromatic ring is 3. The molecule has 0 bridgehead atoms. The fourth-order valence-corrected chi connectivity index (χ4v) is 7.93. The van der Waals surface area contributed by atoms with Gasteiger partial charge in [-0.25, -0.2) is 9.69 Å². The van der Waals surface area contributed by atoms with Crippen LogP contribution in [0.25, 0.3) is 9.69 Å². The van der Waals surface area contributed by atoms with Crippen LogP contribution in [0.2, 0.25) is 0 Å². The van der Waals surface area contributed by atoms with E-state index in [0.29, 0.717) is 34.9 Å². The molecule has 0 spiro atoms. The summed E-state index contributed by atoms with van der Waals surface area (Å²) in [4.78, 5) is 6.80. The van der Waals surface area contributed by atoms with Gasteiger partial charge in [0.2, 0.25) is 5.69 Å². The Morgan fingerprint density at radius 1 is 0.422 bits per heavy atom. The summed E-state index contributed by atoms with van der Waals surface area (Å²) in [6, 6.07) is 27.6. The van der Waals surface area contributed by atoms with Crippen molar-refractivity contribution >= 4 is 28.9 Å². The third-order valence-corrected chi connectivity index (χ3v) is 12.3. The molecule has 454 valence electrons. The number of aliphatic hydroxyl groups is 5. The van der Waals surface area contributed by atoms with Gasteiger partial charge in [-0.15, -0.1) is 0 Å². The van der Waals surface area contributed by atoms with Crippen molar-refractivity contribution in [2.45, 2.75) is 131 Å². The van der Waals surface area contributed by atoms with Gasteiger partial charge in [-0.1, -0.05) is 121 Å². The Morgan fingerprint density at radius 2 is 0.855 bits per heavy atom. The molecule has 0 aromatic heterocycles. The summed E-state index contributed by atoms with van der Waals surface area (Å²) in [6.07, 6.45) is 15.5. The van der Waals surface area contributed by atoms with Crippen molar-refractivity contribution in [3.8, 4) is 28.7 Å². The molecule has 0 aliphatic carbocycles. The lowest BCUT2D eigenvalue weighted by Gasteiger charge is -2.14. The van der Waals surface area contributed by atoms with Gasteiger partial charge in [-0.2, -0.15) is 0 Å². The number of ether oxygens (including phenoxy) is 5. The largest absolute Gasteiger partial charge is 0.502 e. The second-order valence-electron chi connectivity index (χ2n) is 18.8. The molecule has 0 aliphatic rings. The Hall–Kier alpha value is -7.71. The molecular weight excluding hydrogens is 1050 g/mol. The number of nitrogens with two attached hydrogens (primary N) is 3. The van der Waals surface area contributed by atoms with Gasteiger partial charge < -0.3 is 66.4 Å². The van der Waals surface area contributed by atoms with Crippen LogP contribution in [0.1, 0.15) is 143 Å². The average Bonchev–Trinajstić information content (AvgIpc) is 3.66. The molecule has 0 fully saturated rings. The van der Waals surface area contributed by atoms with Crippen molar-refractivity contribution in [1.29, 1.82) is 16.2 Å². The number of aryl methyl sites for hydroxylation is 4. The molecule has 18 nitrogen and oxygen atoms in total. The minimum absolute atomic E-state index is 0.00166. The van der Waals surface area contributed by atoms with Crippen molar-refractivity contribution in [2.24, 2.45) is 17.2 Å². The molecule has 0 unspecified atom stereocenters. The topological polar surface area (TPSA) is 306 Å². The van der Waals surface area contributed by atoms with E-state index in [4.69, 9.17) is 95.8 Å². The molecule has 0 radical (unpaired) electrons. The fraction of sp³-hybridized carbons (Fsp3) is 0.462. The van der Waals surface area contributed by atoms with E-state index < -0.39 is 0 Å². The molecule has 0 heterocycles. The second kappa shape index (κ2) is 45.9. The molecule has 0 atom stereocenters. The zero-order valence-corrected chi connectivity index (χ0v) is 49.7. The predicted molar refractivity (Wildman–Crippen MR) is 334 cm³/mol. The maximum absolute atomic E-state index is 8.78. The van der Waals surface area contributed by atoms with Crippen molar-refractivity contribution in [3.05, 3.63) is 158 Å². The SMILES string of the molecule is CCCCc1c(OCCO)cccc1C(=N)N.CCCCc1cc(C(=N)N)ccc1OCCO.CCCCc1ccc(C(=N)N)cc1OCCO.[C-]#[N+]c1ccc(CCCC)c(OCCO)c1.[C-]#[N+]c1cccc(CCCC)c1OCCO. The number of benzene rings is 5. The highest BCUT2D eigenvalue weighted by molar-refractivity contribution is 5.97. The van der Waals surface area contributed by atoms with Crippen LogP contribution in [0.15, 0.2) is 91.0 Å². The molecule has 0 aliphatic heterocycles. The molecule has 5 aromatic rings. The van der Waals surface area contributed by atoms with Crippen molar-refractivity contribution in [2.75, 3.05) is 66.1 Å². The highest BCUT2D eigenvalue weighted by Crippen LogP contribution is 2.33. The van der Waals surface area contributed by atoms with Crippen LogP contribution >= 0.6 is 0 Å². The Morgan fingerprint density at radius 3 is 1.35 bits per heavy atom. The number of hydrogen-bond donors (Lipinski definition) is 11. The lowest BCUT2D eigenvalue weighted by atomic mass is 10.00. The minimum atomic E-state index is -0.0282. The number of nitrogens with zero attached hydrogens (tertiary/aromatic N) is 2. The highest BCUT2D eigenvalue weighted by Gasteiger charge is 2.13. The van der Waals surface area contributed by atoms with Crippen LogP contribution in [-0.4, -0.2) is 109 Å². The van der Waals surface area contributed by atoms with E-state index in [0.717, 1.165) is 153 Å². The molecule has 14 N–H and O–H groups in total. The van der Waals surface area contributed by atoms with Crippen LogP contribution in [0.5, 0.6) is 28.7 Å². The molecule has 83 heavy (non-hydrogen) atoms. The van der Waals surface area contributed by atoms with Gasteiger partial charge >= 0.3 is 0 Å². The Labute approximate surface area is 493 Å². The van der Waals surface area contributed by atoms with E-state index >= 15 is 0 Å². The maximum atomic E-state index is 8.78. The molecule has 5 aromatic carbocycles. The van der Waals surface area contributed by atoms with Crippen LogP contribution in [0.3, 0.4) is 0 Å². The number of aliphatic hydroxyl groups excluding tert-OH is 5. The van der Waals surface area contributed by atoms with E-state index in [1.807, 2.05) is 66.7 Å². The van der Waals surface area contributed by atoms with E-state index in [9.17, 15) is 0 Å². The Balaban J connectivity index is 0.000000519. The predicted octanol–water partition coefficient (Wildman–Crippen LogP) is 11.0. The second-order valence-corrected chi connectivity index (χ2v) is 18.8. The first kappa shape index (κ1) is 73.3. The highest BCUT2D eigenvalue weighted by atomic mass is 16.5. The zero-order chi connectivity index (χ0) is 61.6. The molecule has 0 saturated heterocycles. The smallest absolute Gasteiger partial charge is 0.228 e. The van der Waals surface area contributed by atoms with Crippen molar-refractivity contribution in [1.82, 2.24) is 0 Å². The van der Waals surface area contributed by atoms with Gasteiger partial charge in [0.25, 0.3) is 0 Å². The molecule has 0 amide bonds. The number of nitrogens with one attached hydrogen (secondary N) is 3. The van der Waals surface area contributed by atoms with Gasteiger partial charge in [0.1, 0.15) is 79.3 Å². The summed E-state index contributed by atoms with van der Waals surface area (Å²) in [7, 11) is 0. The lowest BCUT2D eigenvalue weighted by molar-refractivity contribution is 0.200. The summed E-state index contributed by atoms with van der Waals surface area (Å²) in [5.41, 5.74) is 25.0. The first-order valence-electron chi connectivity index (χ1n) is 28.8. The normalized spacial score (nSPS) is 10.1. The van der Waals surface area contributed by atoms with Gasteiger partial charge in [0.15, 0.2) is 5.69 Å². The Bertz CT molecular complexity index is 2640. The molecule has 5 rings (SSSR count). The maximum Gasteiger partial charge on any atom is 0.228 e. The summed E-state index contributed by atoms with van der Waals surface area (Å²) < 4.78 is 27.3. The fourth-order valence-electron chi connectivity index (χ4n) is 7.93. The van der Waals surface area contributed by atoms with Crippen LogP contribution < -0.4 is 40.9 Å². The first-order valence-corrected chi connectivity index (χ1v) is 28.8. The lowest BCUT2D eigenvalue weighted by Crippen LogP contribution is -2.15. The van der Waals surface area contributed by atoms with Gasteiger partial charge in [-0.05, 0) is 123 Å². The monoisotopic (exact) mass is 1150 g/mol. The summed E-state index contributed by atoms with van der Waals surface area (Å²) in [5, 5.41) is 66.2.